The molecule has 1 heterocycles. The number of aryl methyl sites for hydroxylation is 1. The fraction of sp³-hybridized carbons (Fsp3) is 0.176. The Hall–Kier alpha value is -1.77. The molecule has 0 fully saturated rings. The van der Waals surface area contributed by atoms with Gasteiger partial charge in [-0.25, -0.2) is 8.42 Å². The van der Waals surface area contributed by atoms with Gasteiger partial charge in [-0.15, -0.1) is 0 Å². The number of nitrogens with zero attached hydrogens (tertiary/aromatic N) is 2. The molecule has 2 aromatic carbocycles. The van der Waals surface area contributed by atoms with Gasteiger partial charge in [0, 0.05) is 17.1 Å². The van der Waals surface area contributed by atoms with Gasteiger partial charge in [-0.1, -0.05) is 40.3 Å². The first-order valence-corrected chi connectivity index (χ1v) is 10.7. The number of rotatable bonds is 3. The maximum Gasteiger partial charge on any atom is 0.279 e. The van der Waals surface area contributed by atoms with Crippen LogP contribution in [-0.2, 0) is 16.9 Å². The highest BCUT2D eigenvalue weighted by Crippen LogP contribution is 2.21. The second kappa shape index (κ2) is 6.86. The molecule has 130 valence electrons. The predicted molar refractivity (Wildman–Crippen MR) is 103 cm³/mol. The van der Waals surface area contributed by atoms with Crippen LogP contribution in [0.4, 0.5) is 0 Å². The molecule has 0 N–H and O–H groups in total. The van der Waals surface area contributed by atoms with Crippen LogP contribution in [0.25, 0.3) is 10.2 Å². The van der Waals surface area contributed by atoms with E-state index < -0.39 is 15.7 Å². The first-order chi connectivity index (χ1) is 11.8. The zero-order valence-corrected chi connectivity index (χ0v) is 16.8. The average molecular weight is 439 g/mol. The lowest BCUT2D eigenvalue weighted by atomic mass is 10.2. The third kappa shape index (κ3) is 3.61. The fourth-order valence-corrected chi connectivity index (χ4v) is 4.85. The quantitative estimate of drug-likeness (QED) is 0.627. The molecule has 3 rings (SSSR count). The molecule has 0 aliphatic rings. The van der Waals surface area contributed by atoms with Gasteiger partial charge in [0.25, 0.3) is 5.91 Å². The lowest BCUT2D eigenvalue weighted by Gasteiger charge is -2.02. The van der Waals surface area contributed by atoms with Gasteiger partial charge >= 0.3 is 0 Å². The second-order valence-electron chi connectivity index (χ2n) is 5.40. The lowest BCUT2D eigenvalue weighted by molar-refractivity contribution is 0.0997. The van der Waals surface area contributed by atoms with Crippen LogP contribution in [0.15, 0.2) is 56.8 Å². The number of thiazole rings is 1. The first-order valence-electron chi connectivity index (χ1n) is 7.49. The standard InChI is InChI=1S/C17H15BrN2O3S2/c1-3-25(22,23)13-6-4-5-11(9-13)16(21)19-17-20(2)14-8-7-12(18)10-15(14)24-17/h4-10H,3H2,1-2H3. The maximum absolute atomic E-state index is 12.5. The van der Waals surface area contributed by atoms with Crippen molar-refractivity contribution < 1.29 is 13.2 Å². The molecular formula is C17H15BrN2O3S2. The second-order valence-corrected chi connectivity index (χ2v) is 9.61. The fourth-order valence-electron chi connectivity index (χ4n) is 2.36. The van der Waals surface area contributed by atoms with E-state index in [-0.39, 0.29) is 16.2 Å². The number of benzene rings is 2. The van der Waals surface area contributed by atoms with Gasteiger partial charge in [-0.05, 0) is 36.4 Å². The van der Waals surface area contributed by atoms with Crippen LogP contribution in [-0.4, -0.2) is 24.6 Å². The summed E-state index contributed by atoms with van der Waals surface area (Å²) in [5, 5.41) is 0. The van der Waals surface area contributed by atoms with Crippen LogP contribution in [0.1, 0.15) is 17.3 Å². The molecule has 0 unspecified atom stereocenters. The topological polar surface area (TPSA) is 68.5 Å². The third-order valence-corrected chi connectivity index (χ3v) is 7.11. The Balaban J connectivity index is 2.07. The number of carbonyl (C=O) groups excluding carboxylic acids is 1. The van der Waals surface area contributed by atoms with Gasteiger partial charge in [0.1, 0.15) is 0 Å². The summed E-state index contributed by atoms with van der Waals surface area (Å²) in [5.41, 5.74) is 1.23. The van der Waals surface area contributed by atoms with Gasteiger partial charge in [-0.3, -0.25) is 4.79 Å². The molecule has 5 nitrogen and oxygen atoms in total. The van der Waals surface area contributed by atoms with E-state index in [4.69, 9.17) is 0 Å². The van der Waals surface area contributed by atoms with E-state index in [1.165, 1.54) is 23.5 Å². The highest BCUT2D eigenvalue weighted by Gasteiger charge is 2.14. The summed E-state index contributed by atoms with van der Waals surface area (Å²) >= 11 is 4.83. The van der Waals surface area contributed by atoms with E-state index in [0.717, 1.165) is 14.7 Å². The summed E-state index contributed by atoms with van der Waals surface area (Å²) in [6.07, 6.45) is 0. The average Bonchev–Trinajstić information content (AvgIpc) is 2.90. The van der Waals surface area contributed by atoms with Gasteiger partial charge in [0.2, 0.25) is 0 Å². The molecule has 0 aliphatic heterocycles. The van der Waals surface area contributed by atoms with Crippen molar-refractivity contribution >= 4 is 53.2 Å². The summed E-state index contributed by atoms with van der Waals surface area (Å²) in [7, 11) is -1.52. The van der Waals surface area contributed by atoms with Crippen LogP contribution in [0.2, 0.25) is 0 Å². The Morgan fingerprint density at radius 3 is 2.72 bits per heavy atom. The monoisotopic (exact) mass is 438 g/mol. The predicted octanol–water partition coefficient (Wildman–Crippen LogP) is 3.54. The Labute approximate surface area is 157 Å². The molecule has 0 bridgehead atoms. The Kier molecular flexibility index (Phi) is 4.95. The molecule has 3 aromatic rings. The molecule has 0 spiro atoms. The number of fused-ring (bicyclic) bond motifs is 1. The zero-order chi connectivity index (χ0) is 18.2. The third-order valence-electron chi connectivity index (χ3n) is 3.79. The molecule has 0 radical (unpaired) electrons. The van der Waals surface area contributed by atoms with E-state index in [0.29, 0.717) is 4.80 Å². The van der Waals surface area contributed by atoms with Gasteiger partial charge < -0.3 is 4.57 Å². The Bertz CT molecular complexity index is 1140. The van der Waals surface area contributed by atoms with Gasteiger partial charge in [-0.2, -0.15) is 4.99 Å². The van der Waals surface area contributed by atoms with Crippen molar-refractivity contribution in [3.63, 3.8) is 0 Å². The van der Waals surface area contributed by atoms with E-state index in [9.17, 15) is 13.2 Å². The van der Waals surface area contributed by atoms with Crippen molar-refractivity contribution in [1.82, 2.24) is 4.57 Å². The Morgan fingerprint density at radius 2 is 2.00 bits per heavy atom. The van der Waals surface area contributed by atoms with Crippen molar-refractivity contribution in [2.24, 2.45) is 12.0 Å². The summed E-state index contributed by atoms with van der Waals surface area (Å²) in [6, 6.07) is 11.9. The summed E-state index contributed by atoms with van der Waals surface area (Å²) in [5.74, 6) is -0.476. The largest absolute Gasteiger partial charge is 0.319 e. The molecule has 1 amide bonds. The number of halogens is 1. The minimum Gasteiger partial charge on any atom is -0.319 e. The lowest BCUT2D eigenvalue weighted by Crippen LogP contribution is -2.13. The van der Waals surface area contributed by atoms with Crippen LogP contribution in [0.3, 0.4) is 0 Å². The van der Waals surface area contributed by atoms with E-state index >= 15 is 0 Å². The molecule has 0 saturated heterocycles. The molecule has 8 heteroatoms. The minimum atomic E-state index is -3.36. The number of hydrogen-bond acceptors (Lipinski definition) is 4. The summed E-state index contributed by atoms with van der Waals surface area (Å²) in [6.45, 7) is 1.57. The number of amides is 1. The highest BCUT2D eigenvalue weighted by molar-refractivity contribution is 9.10. The minimum absolute atomic E-state index is 0.0120. The Morgan fingerprint density at radius 1 is 1.24 bits per heavy atom. The van der Waals surface area contributed by atoms with E-state index in [2.05, 4.69) is 20.9 Å². The summed E-state index contributed by atoms with van der Waals surface area (Å²) < 4.78 is 27.8. The molecule has 0 saturated carbocycles. The highest BCUT2D eigenvalue weighted by atomic mass is 79.9. The summed E-state index contributed by atoms with van der Waals surface area (Å²) in [4.78, 5) is 17.4. The first kappa shape index (κ1) is 18.0. The van der Waals surface area contributed by atoms with Crippen molar-refractivity contribution in [2.75, 3.05) is 5.75 Å². The number of sulfone groups is 1. The van der Waals surface area contributed by atoms with Crippen LogP contribution in [0, 0.1) is 0 Å². The molecule has 25 heavy (non-hydrogen) atoms. The van der Waals surface area contributed by atoms with Crippen molar-refractivity contribution in [3.05, 3.63) is 57.3 Å². The smallest absolute Gasteiger partial charge is 0.279 e. The van der Waals surface area contributed by atoms with Crippen molar-refractivity contribution in [3.8, 4) is 0 Å². The van der Waals surface area contributed by atoms with Crippen molar-refractivity contribution in [1.29, 1.82) is 0 Å². The van der Waals surface area contributed by atoms with Crippen LogP contribution < -0.4 is 4.80 Å². The number of carbonyl (C=O) groups is 1. The van der Waals surface area contributed by atoms with Crippen molar-refractivity contribution in [2.45, 2.75) is 11.8 Å². The normalized spacial score (nSPS) is 12.7. The molecule has 0 atom stereocenters. The van der Waals surface area contributed by atoms with E-state index in [1.807, 2.05) is 29.8 Å². The number of hydrogen-bond donors (Lipinski definition) is 0. The van der Waals surface area contributed by atoms with E-state index in [1.54, 1.807) is 19.1 Å². The van der Waals surface area contributed by atoms with Gasteiger partial charge in [0.05, 0.1) is 20.9 Å². The van der Waals surface area contributed by atoms with Gasteiger partial charge in [0.15, 0.2) is 14.6 Å². The van der Waals surface area contributed by atoms with Crippen LogP contribution >= 0.6 is 27.3 Å². The number of aromatic nitrogens is 1. The zero-order valence-electron chi connectivity index (χ0n) is 13.6. The SMILES string of the molecule is CCS(=O)(=O)c1cccc(C(=O)N=c2sc3cc(Br)ccc3n2C)c1. The molecule has 1 aromatic heterocycles. The molecule has 0 aliphatic carbocycles. The molecular weight excluding hydrogens is 424 g/mol. The maximum atomic E-state index is 12.5. The van der Waals surface area contributed by atoms with Crippen LogP contribution in [0.5, 0.6) is 0 Å².